The minimum absolute atomic E-state index is 1.22. The first-order valence-corrected chi connectivity index (χ1v) is 9.99. The highest BCUT2D eigenvalue weighted by Gasteiger charge is 2.08. The minimum Gasteiger partial charge on any atom is -0.0937 e. The van der Waals surface area contributed by atoms with Gasteiger partial charge >= 0.3 is 0 Å². The van der Waals surface area contributed by atoms with E-state index in [0.29, 0.717) is 0 Å². The average Bonchev–Trinajstić information content (AvgIpc) is 2.48. The third kappa shape index (κ3) is 6.61. The van der Waals surface area contributed by atoms with Gasteiger partial charge in [-0.25, -0.2) is 0 Å². The van der Waals surface area contributed by atoms with Crippen molar-refractivity contribution < 1.29 is 0 Å². The topological polar surface area (TPSA) is 0 Å². The molecule has 0 amide bonds. The van der Waals surface area contributed by atoms with E-state index < -0.39 is 0 Å². The number of aryl methyl sites for hydroxylation is 1. The second-order valence-electron chi connectivity index (χ2n) is 6.07. The van der Waals surface area contributed by atoms with E-state index in [1.54, 1.807) is 4.91 Å². The zero-order valence-corrected chi connectivity index (χ0v) is 15.6. The van der Waals surface area contributed by atoms with Crippen molar-refractivity contribution in [2.45, 2.75) is 76.0 Å². The van der Waals surface area contributed by atoms with Gasteiger partial charge in [0, 0.05) is 9.38 Å². The molecule has 0 radical (unpaired) electrons. The van der Waals surface area contributed by atoms with Crippen LogP contribution in [0.25, 0.3) is 0 Å². The van der Waals surface area contributed by atoms with Crippen molar-refractivity contribution in [2.24, 2.45) is 0 Å². The summed E-state index contributed by atoms with van der Waals surface area (Å²) in [6.07, 6.45) is 13.6. The number of halogens is 1. The molecule has 0 nitrogen and oxygen atoms in total. The summed E-state index contributed by atoms with van der Waals surface area (Å²) in [5.41, 5.74) is 1.34. The molecule has 0 spiro atoms. The lowest BCUT2D eigenvalue weighted by Crippen LogP contribution is -1.89. The molecule has 1 aromatic carbocycles. The van der Waals surface area contributed by atoms with E-state index in [1.165, 1.54) is 79.1 Å². The maximum Gasteiger partial charge on any atom is 0.0119 e. The van der Waals surface area contributed by atoms with Gasteiger partial charge in [0.15, 0.2) is 0 Å². The zero-order chi connectivity index (χ0) is 14.9. The molecule has 2 heteroatoms. The lowest BCUT2D eigenvalue weighted by atomic mass is 10.0. The Bertz CT molecular complexity index is 447. The molecule has 0 heterocycles. The summed E-state index contributed by atoms with van der Waals surface area (Å²) in [6, 6.07) is 8.94. The molecule has 2 rings (SSSR count). The van der Waals surface area contributed by atoms with Gasteiger partial charge in [0.05, 0.1) is 0 Å². The van der Waals surface area contributed by atoms with Crippen LogP contribution in [0.4, 0.5) is 0 Å². The Labute approximate surface area is 142 Å². The van der Waals surface area contributed by atoms with Gasteiger partial charge in [0.2, 0.25) is 0 Å². The van der Waals surface area contributed by atoms with Crippen molar-refractivity contribution >= 4 is 27.7 Å². The van der Waals surface area contributed by atoms with Crippen molar-refractivity contribution in [2.75, 3.05) is 0 Å². The van der Waals surface area contributed by atoms with Crippen LogP contribution in [0.2, 0.25) is 0 Å². The standard InChI is InChI=1S/C19H27BrS/c1-16-12-14-17(15-13-16)21-19-11-9-7-5-3-2-4-6-8-10-18(19)20/h12-15H,2-11H2,1H3/b19-18+. The molecule has 0 bridgehead atoms. The lowest BCUT2D eigenvalue weighted by molar-refractivity contribution is 0.565. The van der Waals surface area contributed by atoms with Crippen molar-refractivity contribution in [3.8, 4) is 0 Å². The van der Waals surface area contributed by atoms with E-state index in [0.717, 1.165) is 0 Å². The number of rotatable bonds is 2. The maximum atomic E-state index is 3.88. The van der Waals surface area contributed by atoms with Crippen molar-refractivity contribution in [1.29, 1.82) is 0 Å². The number of hydrogen-bond acceptors (Lipinski definition) is 1. The fraction of sp³-hybridized carbons (Fsp3) is 0.579. The highest BCUT2D eigenvalue weighted by molar-refractivity contribution is 9.11. The number of hydrogen-bond donors (Lipinski definition) is 0. The fourth-order valence-electron chi connectivity index (χ4n) is 2.76. The Hall–Kier alpha value is -0.210. The van der Waals surface area contributed by atoms with Crippen LogP contribution in [0.15, 0.2) is 38.5 Å². The largest absolute Gasteiger partial charge is 0.0937 e. The molecule has 0 unspecified atom stereocenters. The highest BCUT2D eigenvalue weighted by atomic mass is 79.9. The number of allylic oxidation sites excluding steroid dienone is 2. The molecule has 0 N–H and O–H groups in total. The molecular formula is C19H27BrS. The monoisotopic (exact) mass is 366 g/mol. The van der Waals surface area contributed by atoms with E-state index in [2.05, 4.69) is 47.1 Å². The van der Waals surface area contributed by atoms with Gasteiger partial charge in [0.1, 0.15) is 0 Å². The average molecular weight is 367 g/mol. The molecule has 0 aromatic heterocycles. The van der Waals surface area contributed by atoms with Crippen LogP contribution < -0.4 is 0 Å². The van der Waals surface area contributed by atoms with Crippen molar-refractivity contribution in [3.63, 3.8) is 0 Å². The van der Waals surface area contributed by atoms with Crippen LogP contribution >= 0.6 is 27.7 Å². The molecule has 116 valence electrons. The second-order valence-corrected chi connectivity index (χ2v) is 8.20. The summed E-state index contributed by atoms with van der Waals surface area (Å²) in [6.45, 7) is 2.15. The van der Waals surface area contributed by atoms with Crippen LogP contribution in [0, 0.1) is 6.92 Å². The highest BCUT2D eigenvalue weighted by Crippen LogP contribution is 2.37. The molecule has 1 aliphatic rings. The smallest absolute Gasteiger partial charge is 0.0119 e. The first-order chi connectivity index (χ1) is 10.3. The van der Waals surface area contributed by atoms with Gasteiger partial charge < -0.3 is 0 Å². The summed E-state index contributed by atoms with van der Waals surface area (Å²) >= 11 is 5.84. The quantitative estimate of drug-likeness (QED) is 0.518. The summed E-state index contributed by atoms with van der Waals surface area (Å²) in [7, 11) is 0. The van der Waals surface area contributed by atoms with E-state index in [9.17, 15) is 0 Å². The van der Waals surface area contributed by atoms with E-state index in [1.807, 2.05) is 11.8 Å². The van der Waals surface area contributed by atoms with Crippen LogP contribution in [-0.4, -0.2) is 0 Å². The fourth-order valence-corrected chi connectivity index (χ4v) is 4.49. The molecule has 0 atom stereocenters. The third-order valence-electron chi connectivity index (χ3n) is 4.11. The van der Waals surface area contributed by atoms with Gasteiger partial charge in [-0.15, -0.1) is 0 Å². The molecule has 0 saturated heterocycles. The van der Waals surface area contributed by atoms with Crippen molar-refractivity contribution in [3.05, 3.63) is 39.2 Å². The maximum absolute atomic E-state index is 3.88. The minimum atomic E-state index is 1.22. The van der Waals surface area contributed by atoms with Gasteiger partial charge in [0.25, 0.3) is 0 Å². The molecule has 0 aliphatic heterocycles. The van der Waals surface area contributed by atoms with E-state index in [-0.39, 0.29) is 0 Å². The first-order valence-electron chi connectivity index (χ1n) is 8.38. The van der Waals surface area contributed by atoms with Crippen LogP contribution in [0.3, 0.4) is 0 Å². The molecule has 0 saturated carbocycles. The summed E-state index contributed by atoms with van der Waals surface area (Å²) in [4.78, 5) is 2.93. The Morgan fingerprint density at radius 3 is 1.90 bits per heavy atom. The second kappa shape index (κ2) is 9.74. The predicted molar refractivity (Wildman–Crippen MR) is 99.2 cm³/mol. The number of thioether (sulfide) groups is 1. The van der Waals surface area contributed by atoms with Crippen LogP contribution in [0.1, 0.15) is 69.8 Å². The zero-order valence-electron chi connectivity index (χ0n) is 13.2. The van der Waals surface area contributed by atoms with Gasteiger partial charge in [-0.2, -0.15) is 0 Å². The van der Waals surface area contributed by atoms with E-state index in [4.69, 9.17) is 0 Å². The molecular weight excluding hydrogens is 340 g/mol. The SMILES string of the molecule is Cc1ccc(S/C2=C(/Br)CCCCCCCCCC2)cc1. The molecule has 0 fully saturated rings. The first kappa shape index (κ1) is 17.1. The molecule has 1 aromatic rings. The summed E-state index contributed by atoms with van der Waals surface area (Å²) in [5.74, 6) is 0. The Kier molecular flexibility index (Phi) is 7.95. The Morgan fingerprint density at radius 2 is 1.29 bits per heavy atom. The van der Waals surface area contributed by atoms with Gasteiger partial charge in [-0.3, -0.25) is 0 Å². The van der Waals surface area contributed by atoms with Crippen LogP contribution in [0.5, 0.6) is 0 Å². The predicted octanol–water partition coefficient (Wildman–Crippen LogP) is 7.61. The Morgan fingerprint density at radius 1 is 0.762 bits per heavy atom. The lowest BCUT2D eigenvalue weighted by Gasteiger charge is -2.13. The third-order valence-corrected chi connectivity index (χ3v) is 6.46. The summed E-state index contributed by atoms with van der Waals surface area (Å²) in [5, 5.41) is 0. The summed E-state index contributed by atoms with van der Waals surface area (Å²) < 4.78 is 1.45. The van der Waals surface area contributed by atoms with Gasteiger partial charge in [-0.1, -0.05) is 83.9 Å². The van der Waals surface area contributed by atoms with Crippen LogP contribution in [-0.2, 0) is 0 Å². The Balaban J connectivity index is 2.02. The number of benzene rings is 1. The van der Waals surface area contributed by atoms with E-state index >= 15 is 0 Å². The molecule has 1 aliphatic carbocycles. The van der Waals surface area contributed by atoms with Crippen molar-refractivity contribution in [1.82, 2.24) is 0 Å². The normalized spacial score (nSPS) is 22.4. The molecule has 21 heavy (non-hydrogen) atoms. The van der Waals surface area contributed by atoms with Gasteiger partial charge in [-0.05, 0) is 49.6 Å².